The molecule has 0 bridgehead atoms. The van der Waals surface area contributed by atoms with Crippen LogP contribution in [0.4, 0.5) is 4.79 Å². The van der Waals surface area contributed by atoms with Crippen molar-refractivity contribution in [3.63, 3.8) is 0 Å². The van der Waals surface area contributed by atoms with Crippen molar-refractivity contribution in [1.82, 2.24) is 4.90 Å². The van der Waals surface area contributed by atoms with Gasteiger partial charge in [-0.3, -0.25) is 4.90 Å². The largest absolute Gasteiger partial charge is 0.480 e. The minimum atomic E-state index is -1.07. The monoisotopic (exact) mass is 307 g/mol. The number of carbonyl (C=O) groups excluding carboxylic acids is 1. The zero-order valence-electron chi connectivity index (χ0n) is 12.5. The topological polar surface area (TPSA) is 87.1 Å². The van der Waals surface area contributed by atoms with Crippen molar-refractivity contribution in [3.05, 3.63) is 35.9 Å². The summed E-state index contributed by atoms with van der Waals surface area (Å²) in [7, 11) is 0. The third kappa shape index (κ3) is 3.57. The molecule has 1 fully saturated rings. The van der Waals surface area contributed by atoms with Crippen molar-refractivity contribution in [2.75, 3.05) is 0 Å². The second-order valence-electron chi connectivity index (χ2n) is 5.42. The van der Waals surface area contributed by atoms with Crippen LogP contribution in [0, 0.1) is 0 Å². The normalized spacial score (nSPS) is 22.4. The summed E-state index contributed by atoms with van der Waals surface area (Å²) in [5.41, 5.74) is 0.828. The Morgan fingerprint density at radius 2 is 2.00 bits per heavy atom. The molecule has 1 aromatic rings. The van der Waals surface area contributed by atoms with E-state index in [-0.39, 0.29) is 6.61 Å². The molecule has 0 saturated carbocycles. The number of carboxylic acid groups (broad SMARTS) is 1. The molecule has 0 aromatic heterocycles. The number of hydrogen-bond donors (Lipinski definition) is 2. The second-order valence-corrected chi connectivity index (χ2v) is 5.42. The lowest BCUT2D eigenvalue weighted by Gasteiger charge is -2.30. The molecule has 6 heteroatoms. The first-order valence-corrected chi connectivity index (χ1v) is 7.44. The fourth-order valence-corrected chi connectivity index (χ4v) is 2.79. The molecule has 1 saturated heterocycles. The molecule has 0 spiro atoms. The van der Waals surface area contributed by atoms with Gasteiger partial charge in [0.15, 0.2) is 0 Å². The van der Waals surface area contributed by atoms with E-state index in [2.05, 4.69) is 0 Å². The minimum Gasteiger partial charge on any atom is -0.480 e. The summed E-state index contributed by atoms with van der Waals surface area (Å²) in [4.78, 5) is 24.8. The fourth-order valence-electron chi connectivity index (χ4n) is 2.79. The average Bonchev–Trinajstić information content (AvgIpc) is 2.98. The number of aliphatic hydroxyl groups is 1. The molecule has 0 radical (unpaired) electrons. The second kappa shape index (κ2) is 7.26. The first-order chi connectivity index (χ1) is 10.5. The zero-order valence-corrected chi connectivity index (χ0v) is 12.5. The molecular formula is C16H21NO5. The lowest BCUT2D eigenvalue weighted by Crippen LogP contribution is -2.49. The number of carbonyl (C=O) groups is 2. The zero-order chi connectivity index (χ0) is 16.1. The number of benzene rings is 1. The van der Waals surface area contributed by atoms with Crippen LogP contribution in [0.3, 0.4) is 0 Å². The third-order valence-corrected chi connectivity index (χ3v) is 3.99. The lowest BCUT2D eigenvalue weighted by atomic mass is 10.1. The van der Waals surface area contributed by atoms with Crippen molar-refractivity contribution < 1.29 is 24.5 Å². The van der Waals surface area contributed by atoms with E-state index in [1.165, 1.54) is 4.90 Å². The van der Waals surface area contributed by atoms with Gasteiger partial charge in [0.1, 0.15) is 12.6 Å². The molecule has 3 atom stereocenters. The Kier molecular flexibility index (Phi) is 5.38. The molecule has 1 aliphatic heterocycles. The number of nitrogens with zero attached hydrogens (tertiary/aromatic N) is 1. The third-order valence-electron chi connectivity index (χ3n) is 3.99. The van der Waals surface area contributed by atoms with E-state index in [4.69, 9.17) is 4.74 Å². The molecular weight excluding hydrogens is 286 g/mol. The van der Waals surface area contributed by atoms with E-state index >= 15 is 0 Å². The number of hydrogen-bond acceptors (Lipinski definition) is 4. The van der Waals surface area contributed by atoms with Gasteiger partial charge in [-0.05, 0) is 24.8 Å². The standard InChI is InChI=1S/C16H21NO5/c1-2-14(18)12-8-9-13(15(19)20)17(12)16(21)22-10-11-6-4-3-5-7-11/h3-7,12-14,18H,2,8-10H2,1H3,(H,19,20)/t12-,13+,14+/m1/s1. The summed E-state index contributed by atoms with van der Waals surface area (Å²) in [6, 6.07) is 7.74. The Morgan fingerprint density at radius 3 is 2.59 bits per heavy atom. The number of amides is 1. The smallest absolute Gasteiger partial charge is 0.411 e. The Bertz CT molecular complexity index is 519. The highest BCUT2D eigenvalue weighted by atomic mass is 16.6. The Hall–Kier alpha value is -2.08. The quantitative estimate of drug-likeness (QED) is 0.869. The number of likely N-dealkylation sites (tertiary alicyclic amines) is 1. The molecule has 2 N–H and O–H groups in total. The maximum Gasteiger partial charge on any atom is 0.411 e. The summed E-state index contributed by atoms with van der Waals surface area (Å²) in [6.07, 6.45) is -0.177. The van der Waals surface area contributed by atoms with Crippen LogP contribution in [0.25, 0.3) is 0 Å². The summed E-state index contributed by atoms with van der Waals surface area (Å²) < 4.78 is 5.23. The lowest BCUT2D eigenvalue weighted by molar-refractivity contribution is -0.142. The van der Waals surface area contributed by atoms with Gasteiger partial charge in [0.05, 0.1) is 12.1 Å². The highest BCUT2D eigenvalue weighted by molar-refractivity contribution is 5.81. The highest BCUT2D eigenvalue weighted by Crippen LogP contribution is 2.28. The number of aliphatic hydroxyl groups excluding tert-OH is 1. The highest BCUT2D eigenvalue weighted by Gasteiger charge is 2.44. The first kappa shape index (κ1) is 16.3. The number of ether oxygens (including phenoxy) is 1. The molecule has 1 aromatic carbocycles. The molecule has 1 aliphatic rings. The van der Waals surface area contributed by atoms with Crippen LogP contribution in [0.5, 0.6) is 0 Å². The average molecular weight is 307 g/mol. The maximum atomic E-state index is 12.3. The van der Waals surface area contributed by atoms with Gasteiger partial charge in [0, 0.05) is 0 Å². The Labute approximate surface area is 129 Å². The Morgan fingerprint density at radius 1 is 1.32 bits per heavy atom. The Balaban J connectivity index is 2.06. The summed E-state index contributed by atoms with van der Waals surface area (Å²) in [5.74, 6) is -1.07. The molecule has 1 heterocycles. The summed E-state index contributed by atoms with van der Waals surface area (Å²) in [5, 5.41) is 19.3. The van der Waals surface area contributed by atoms with E-state index in [9.17, 15) is 19.8 Å². The van der Waals surface area contributed by atoms with Gasteiger partial charge in [-0.1, -0.05) is 37.3 Å². The first-order valence-electron chi connectivity index (χ1n) is 7.44. The van der Waals surface area contributed by atoms with Crippen LogP contribution in [0.1, 0.15) is 31.7 Å². The number of aliphatic carboxylic acids is 1. The van der Waals surface area contributed by atoms with Crippen LogP contribution in [-0.2, 0) is 16.1 Å². The van der Waals surface area contributed by atoms with Crippen LogP contribution in [0.2, 0.25) is 0 Å². The molecule has 0 unspecified atom stereocenters. The van der Waals surface area contributed by atoms with Gasteiger partial charge in [0.2, 0.25) is 0 Å². The predicted molar refractivity (Wildman–Crippen MR) is 79.2 cm³/mol. The molecule has 2 rings (SSSR count). The molecule has 120 valence electrons. The van der Waals surface area contributed by atoms with Crippen molar-refractivity contribution in [3.8, 4) is 0 Å². The van der Waals surface area contributed by atoms with Crippen LogP contribution in [0.15, 0.2) is 30.3 Å². The van der Waals surface area contributed by atoms with E-state index in [0.717, 1.165) is 5.56 Å². The molecule has 0 aliphatic carbocycles. The number of rotatable bonds is 5. The van der Waals surface area contributed by atoms with Gasteiger partial charge < -0.3 is 14.9 Å². The van der Waals surface area contributed by atoms with E-state index in [1.54, 1.807) is 6.92 Å². The van der Waals surface area contributed by atoms with E-state index in [0.29, 0.717) is 19.3 Å². The van der Waals surface area contributed by atoms with E-state index < -0.39 is 30.3 Å². The van der Waals surface area contributed by atoms with Gasteiger partial charge in [-0.15, -0.1) is 0 Å². The van der Waals surface area contributed by atoms with Gasteiger partial charge >= 0.3 is 12.1 Å². The van der Waals surface area contributed by atoms with Crippen molar-refractivity contribution in [1.29, 1.82) is 0 Å². The van der Waals surface area contributed by atoms with Crippen molar-refractivity contribution >= 4 is 12.1 Å². The van der Waals surface area contributed by atoms with Crippen molar-refractivity contribution in [2.45, 2.75) is 51.0 Å². The summed E-state index contributed by atoms with van der Waals surface area (Å²) in [6.45, 7) is 1.88. The molecule has 22 heavy (non-hydrogen) atoms. The predicted octanol–water partition coefficient (Wildman–Crippen LogP) is 2.01. The molecule has 1 amide bonds. The molecule has 6 nitrogen and oxygen atoms in total. The fraction of sp³-hybridized carbons (Fsp3) is 0.500. The van der Waals surface area contributed by atoms with Crippen LogP contribution < -0.4 is 0 Å². The number of carboxylic acids is 1. The van der Waals surface area contributed by atoms with Gasteiger partial charge in [0.25, 0.3) is 0 Å². The van der Waals surface area contributed by atoms with Crippen LogP contribution >= 0.6 is 0 Å². The van der Waals surface area contributed by atoms with Crippen LogP contribution in [-0.4, -0.2) is 45.4 Å². The van der Waals surface area contributed by atoms with E-state index in [1.807, 2.05) is 30.3 Å². The SMILES string of the molecule is CC[C@H](O)[C@H]1CC[C@@H](C(=O)O)N1C(=O)OCc1ccccc1. The minimum absolute atomic E-state index is 0.0808. The van der Waals surface area contributed by atoms with Gasteiger partial charge in [-0.2, -0.15) is 0 Å². The summed E-state index contributed by atoms with van der Waals surface area (Å²) >= 11 is 0. The maximum absolute atomic E-state index is 12.3. The van der Waals surface area contributed by atoms with Crippen molar-refractivity contribution in [2.24, 2.45) is 0 Å². The van der Waals surface area contributed by atoms with Gasteiger partial charge in [-0.25, -0.2) is 9.59 Å².